The van der Waals surface area contributed by atoms with E-state index in [9.17, 15) is 14.9 Å². The van der Waals surface area contributed by atoms with Crippen LogP contribution in [0.3, 0.4) is 0 Å². The first kappa shape index (κ1) is 11.2. The third-order valence-corrected chi connectivity index (χ3v) is 2.99. The minimum Gasteiger partial charge on any atom is -0.277 e. The summed E-state index contributed by atoms with van der Waals surface area (Å²) in [4.78, 5) is 25.0. The van der Waals surface area contributed by atoms with E-state index in [1.54, 1.807) is 0 Å². The predicted octanol–water partition coefficient (Wildman–Crippen LogP) is 2.50. The zero-order valence-electron chi connectivity index (χ0n) is 6.73. The van der Waals surface area contributed by atoms with Crippen molar-refractivity contribution in [1.82, 2.24) is 4.98 Å². The molecule has 0 atom stereocenters. The molecule has 0 aliphatic rings. The van der Waals surface area contributed by atoms with Crippen molar-refractivity contribution in [2.75, 3.05) is 11.9 Å². The molecule has 76 valence electrons. The highest BCUT2D eigenvalue weighted by molar-refractivity contribution is 7.19. The molecule has 0 aromatic carbocycles. The fourth-order valence-corrected chi connectivity index (χ4v) is 1.79. The smallest absolute Gasteiger partial charge is 0.277 e. The van der Waals surface area contributed by atoms with Crippen LogP contribution in [0.25, 0.3) is 0 Å². The zero-order chi connectivity index (χ0) is 10.9. The average molecular weight is 256 g/mol. The van der Waals surface area contributed by atoms with Crippen molar-refractivity contribution >= 4 is 50.0 Å². The lowest BCUT2D eigenvalue weighted by molar-refractivity contribution is -0.380. The van der Waals surface area contributed by atoms with Gasteiger partial charge in [-0.3, -0.25) is 19.8 Å². The molecule has 0 radical (unpaired) electrons. The fourth-order valence-electron chi connectivity index (χ4n) is 0.614. The number of thiazole rings is 1. The Kier molecular flexibility index (Phi) is 3.25. The average Bonchev–Trinajstić information content (AvgIpc) is 2.45. The molecule has 1 aromatic heterocycles. The van der Waals surface area contributed by atoms with Gasteiger partial charge in [-0.1, -0.05) is 11.6 Å². The van der Waals surface area contributed by atoms with Crippen LogP contribution >= 0.6 is 34.5 Å². The summed E-state index contributed by atoms with van der Waals surface area (Å²) in [6, 6.07) is 0. The number of amides is 1. The van der Waals surface area contributed by atoms with Crippen molar-refractivity contribution in [2.45, 2.75) is 0 Å². The molecule has 9 heteroatoms. The number of anilines is 1. The van der Waals surface area contributed by atoms with Crippen molar-refractivity contribution in [1.29, 1.82) is 0 Å². The third-order valence-electron chi connectivity index (χ3n) is 1.27. The van der Waals surface area contributed by atoms with Crippen LogP contribution in [0.15, 0.2) is 0 Å². The number of carbonyl (C=O) groups excluding carboxylic acids is 1. The van der Waals surface area contributed by atoms with Crippen LogP contribution in [0.2, 0.25) is 5.15 Å². The Bertz CT molecular complexity index is 394. The predicted molar refractivity (Wildman–Crippen MR) is 53.4 cm³/mol. The van der Waals surface area contributed by atoms with Gasteiger partial charge in [0, 0.05) is 7.05 Å². The van der Waals surface area contributed by atoms with E-state index < -0.39 is 10.3 Å². The molecule has 0 spiro atoms. The highest BCUT2D eigenvalue weighted by Crippen LogP contribution is 2.35. The number of halogens is 2. The van der Waals surface area contributed by atoms with E-state index >= 15 is 0 Å². The SMILES string of the molecule is CN(C(=O)Cl)c1nc(Cl)c([N+](=O)[O-])s1. The molecule has 1 rings (SSSR count). The highest BCUT2D eigenvalue weighted by Gasteiger charge is 2.23. The Morgan fingerprint density at radius 1 is 1.71 bits per heavy atom. The number of hydrogen-bond acceptors (Lipinski definition) is 5. The number of aromatic nitrogens is 1. The van der Waals surface area contributed by atoms with Gasteiger partial charge in [0.15, 0.2) is 0 Å². The summed E-state index contributed by atoms with van der Waals surface area (Å²) >= 11 is 11.3. The molecular formula is C5H3Cl2N3O3S. The summed E-state index contributed by atoms with van der Waals surface area (Å²) in [5, 5.41) is 9.12. The van der Waals surface area contributed by atoms with E-state index in [0.29, 0.717) is 11.3 Å². The third kappa shape index (κ3) is 2.11. The van der Waals surface area contributed by atoms with Gasteiger partial charge in [-0.2, -0.15) is 0 Å². The lowest BCUT2D eigenvalue weighted by Gasteiger charge is -2.06. The Hall–Kier alpha value is -0.920. The number of rotatable bonds is 2. The van der Waals surface area contributed by atoms with Gasteiger partial charge in [0.25, 0.3) is 0 Å². The van der Waals surface area contributed by atoms with Crippen LogP contribution < -0.4 is 4.90 Å². The van der Waals surface area contributed by atoms with Gasteiger partial charge < -0.3 is 0 Å². The molecule has 1 aromatic rings. The van der Waals surface area contributed by atoms with E-state index in [2.05, 4.69) is 4.98 Å². The van der Waals surface area contributed by atoms with E-state index in [-0.39, 0.29) is 15.3 Å². The van der Waals surface area contributed by atoms with Crippen molar-refractivity contribution in [3.05, 3.63) is 15.3 Å². The normalized spacial score (nSPS) is 9.93. The van der Waals surface area contributed by atoms with Crippen LogP contribution in [0.1, 0.15) is 0 Å². The number of nitrogens with zero attached hydrogens (tertiary/aromatic N) is 3. The van der Waals surface area contributed by atoms with Crippen molar-refractivity contribution < 1.29 is 9.72 Å². The van der Waals surface area contributed by atoms with Gasteiger partial charge in [0.05, 0.1) is 4.92 Å². The summed E-state index contributed by atoms with van der Waals surface area (Å²) in [5.41, 5.74) is 0. The molecule has 0 saturated heterocycles. The molecule has 1 amide bonds. The summed E-state index contributed by atoms with van der Waals surface area (Å²) in [5.74, 6) is 0. The second kappa shape index (κ2) is 4.07. The molecule has 0 aliphatic carbocycles. The van der Waals surface area contributed by atoms with Crippen LogP contribution in [-0.4, -0.2) is 22.3 Å². The maximum absolute atomic E-state index is 10.7. The molecule has 14 heavy (non-hydrogen) atoms. The minimum absolute atomic E-state index is 0.0849. The summed E-state index contributed by atoms with van der Waals surface area (Å²) < 4.78 is 0. The first-order valence-electron chi connectivity index (χ1n) is 3.17. The lowest BCUT2D eigenvalue weighted by atomic mass is 10.8. The molecule has 0 N–H and O–H groups in total. The van der Waals surface area contributed by atoms with Crippen LogP contribution in [-0.2, 0) is 0 Å². The molecule has 0 fully saturated rings. The molecule has 0 bridgehead atoms. The summed E-state index contributed by atoms with van der Waals surface area (Å²) in [6.07, 6.45) is 0. The maximum Gasteiger partial charge on any atom is 0.364 e. The van der Waals surface area contributed by atoms with Gasteiger partial charge in [0.2, 0.25) is 10.3 Å². The van der Waals surface area contributed by atoms with Crippen molar-refractivity contribution in [3.8, 4) is 0 Å². The summed E-state index contributed by atoms with van der Waals surface area (Å²) in [7, 11) is 1.34. The zero-order valence-corrected chi connectivity index (χ0v) is 9.06. The van der Waals surface area contributed by atoms with E-state index in [4.69, 9.17) is 23.2 Å². The number of nitro groups is 1. The summed E-state index contributed by atoms with van der Waals surface area (Å²) in [6.45, 7) is 0. The largest absolute Gasteiger partial charge is 0.364 e. The Labute approximate surface area is 92.2 Å². The Morgan fingerprint density at radius 2 is 2.29 bits per heavy atom. The highest BCUT2D eigenvalue weighted by atomic mass is 35.5. The number of carbonyl (C=O) groups is 1. The van der Waals surface area contributed by atoms with Crippen molar-refractivity contribution in [3.63, 3.8) is 0 Å². The molecule has 0 aliphatic heterocycles. The number of hydrogen-bond donors (Lipinski definition) is 0. The molecule has 6 nitrogen and oxygen atoms in total. The first-order valence-corrected chi connectivity index (χ1v) is 4.74. The van der Waals surface area contributed by atoms with Crippen molar-refractivity contribution in [2.24, 2.45) is 0 Å². The first-order chi connectivity index (χ1) is 6.43. The van der Waals surface area contributed by atoms with Gasteiger partial charge in [0.1, 0.15) is 0 Å². The standard InChI is InChI=1S/C5H3Cl2N3O3S/c1-9(4(7)11)5-8-2(6)3(14-5)10(12)13/h1H3. The quantitative estimate of drug-likeness (QED) is 0.352. The van der Waals surface area contributed by atoms with Gasteiger partial charge in [-0.05, 0) is 22.9 Å². The van der Waals surface area contributed by atoms with Crippen LogP contribution in [0.5, 0.6) is 0 Å². The molecule has 0 unspecified atom stereocenters. The van der Waals surface area contributed by atoms with Gasteiger partial charge in [-0.15, -0.1) is 0 Å². The molecular weight excluding hydrogens is 253 g/mol. The van der Waals surface area contributed by atoms with Gasteiger partial charge >= 0.3 is 10.4 Å². The Balaban J connectivity index is 3.08. The maximum atomic E-state index is 10.7. The molecule has 1 heterocycles. The topological polar surface area (TPSA) is 76.3 Å². The fraction of sp³-hybridized carbons (Fsp3) is 0.200. The van der Waals surface area contributed by atoms with Crippen LogP contribution in [0, 0.1) is 10.1 Å². The monoisotopic (exact) mass is 255 g/mol. The molecule has 0 saturated carbocycles. The van der Waals surface area contributed by atoms with E-state index in [0.717, 1.165) is 4.90 Å². The van der Waals surface area contributed by atoms with Crippen LogP contribution in [0.4, 0.5) is 14.9 Å². The van der Waals surface area contributed by atoms with E-state index in [1.165, 1.54) is 7.05 Å². The second-order valence-electron chi connectivity index (χ2n) is 2.16. The second-order valence-corrected chi connectivity index (χ2v) is 3.80. The van der Waals surface area contributed by atoms with E-state index in [1.807, 2.05) is 0 Å². The Morgan fingerprint density at radius 3 is 2.64 bits per heavy atom. The van der Waals surface area contributed by atoms with Gasteiger partial charge in [-0.25, -0.2) is 4.98 Å². The lowest BCUT2D eigenvalue weighted by Crippen LogP contribution is -2.18. The minimum atomic E-state index is -0.787.